The van der Waals surface area contributed by atoms with Gasteiger partial charge in [0.15, 0.2) is 4.80 Å². The number of hydrogen-bond donors (Lipinski definition) is 0. The Morgan fingerprint density at radius 2 is 1.61 bits per heavy atom. The van der Waals surface area contributed by atoms with Crippen LogP contribution < -0.4 is 19.6 Å². The standard InChI is InChI=1S/C29H24Cl2N2O2S/c1-16-13-25(35-4)17(2)18(3)27(16)24-15-23(20-7-11-22(31)12-8-20)32-29-33(24)28(34)26(36-29)14-19-5-9-21(30)10-6-19/h5-15,24H,1-4H3/b26-14-. The van der Waals surface area contributed by atoms with Crippen molar-refractivity contribution in [3.05, 3.63) is 124 Å². The van der Waals surface area contributed by atoms with E-state index >= 15 is 0 Å². The molecule has 36 heavy (non-hydrogen) atoms. The number of halogens is 2. The monoisotopic (exact) mass is 534 g/mol. The summed E-state index contributed by atoms with van der Waals surface area (Å²) >= 11 is 13.6. The fourth-order valence-electron chi connectivity index (χ4n) is 4.61. The molecule has 5 rings (SSSR count). The summed E-state index contributed by atoms with van der Waals surface area (Å²) in [6, 6.07) is 16.8. The highest BCUT2D eigenvalue weighted by molar-refractivity contribution is 7.07. The second kappa shape index (κ2) is 9.74. The zero-order chi connectivity index (χ0) is 25.6. The predicted molar refractivity (Wildman–Crippen MR) is 149 cm³/mol. The van der Waals surface area contributed by atoms with E-state index in [1.165, 1.54) is 11.3 Å². The number of hydrogen-bond acceptors (Lipinski definition) is 4. The number of aryl methyl sites for hydroxylation is 1. The molecule has 1 aliphatic rings. The number of aromatic nitrogens is 1. The Balaban J connectivity index is 1.78. The van der Waals surface area contributed by atoms with Crippen molar-refractivity contribution in [1.29, 1.82) is 0 Å². The summed E-state index contributed by atoms with van der Waals surface area (Å²) in [5.74, 6) is 0.839. The van der Waals surface area contributed by atoms with Gasteiger partial charge in [0.2, 0.25) is 0 Å². The minimum absolute atomic E-state index is 0.0719. The van der Waals surface area contributed by atoms with Gasteiger partial charge in [-0.2, -0.15) is 0 Å². The van der Waals surface area contributed by atoms with Crippen LogP contribution in [0.1, 0.15) is 39.4 Å². The number of allylic oxidation sites excluding steroid dienone is 1. The molecule has 1 unspecified atom stereocenters. The highest BCUT2D eigenvalue weighted by Crippen LogP contribution is 2.35. The summed E-state index contributed by atoms with van der Waals surface area (Å²) in [7, 11) is 1.68. The first-order chi connectivity index (χ1) is 17.3. The zero-order valence-electron chi connectivity index (χ0n) is 20.3. The highest BCUT2D eigenvalue weighted by Gasteiger charge is 2.26. The molecule has 1 aromatic heterocycles. The molecule has 0 bridgehead atoms. The molecule has 1 aliphatic heterocycles. The van der Waals surface area contributed by atoms with Crippen LogP contribution in [0.3, 0.4) is 0 Å². The Bertz CT molecular complexity index is 1680. The fraction of sp³-hybridized carbons (Fsp3) is 0.172. The summed E-state index contributed by atoms with van der Waals surface area (Å²) in [5, 5.41) is 1.32. The van der Waals surface area contributed by atoms with Crippen molar-refractivity contribution in [3.63, 3.8) is 0 Å². The molecular weight excluding hydrogens is 511 g/mol. The van der Waals surface area contributed by atoms with E-state index in [2.05, 4.69) is 19.9 Å². The number of nitrogens with zero attached hydrogens (tertiary/aromatic N) is 2. The largest absolute Gasteiger partial charge is 0.496 e. The summed E-state index contributed by atoms with van der Waals surface area (Å²) in [5.41, 5.74) is 6.87. The van der Waals surface area contributed by atoms with E-state index in [0.717, 1.165) is 44.8 Å². The first-order valence-corrected chi connectivity index (χ1v) is 13.0. The van der Waals surface area contributed by atoms with Crippen LogP contribution in [-0.4, -0.2) is 11.7 Å². The van der Waals surface area contributed by atoms with E-state index in [-0.39, 0.29) is 11.6 Å². The Labute approximate surface area is 223 Å². The van der Waals surface area contributed by atoms with Crippen molar-refractivity contribution in [2.75, 3.05) is 7.11 Å². The van der Waals surface area contributed by atoms with Crippen molar-refractivity contribution in [2.24, 2.45) is 4.99 Å². The van der Waals surface area contributed by atoms with Gasteiger partial charge in [0.1, 0.15) is 5.75 Å². The van der Waals surface area contributed by atoms with Crippen LogP contribution in [0.4, 0.5) is 0 Å². The van der Waals surface area contributed by atoms with Gasteiger partial charge in [0.05, 0.1) is 23.4 Å². The lowest BCUT2D eigenvalue weighted by atomic mass is 9.90. The minimum atomic E-state index is -0.316. The van der Waals surface area contributed by atoms with Crippen LogP contribution in [0.25, 0.3) is 11.8 Å². The SMILES string of the molecule is COc1cc(C)c(C2C=C(c3ccc(Cl)cc3)N=c3s/c(=C\c4ccc(Cl)cc4)c(=O)n32)c(C)c1C. The third-order valence-corrected chi connectivity index (χ3v) is 8.07. The van der Waals surface area contributed by atoms with Gasteiger partial charge in [-0.3, -0.25) is 9.36 Å². The average molecular weight is 535 g/mol. The fourth-order valence-corrected chi connectivity index (χ4v) is 5.88. The highest BCUT2D eigenvalue weighted by atomic mass is 35.5. The molecule has 4 nitrogen and oxygen atoms in total. The van der Waals surface area contributed by atoms with Crippen molar-refractivity contribution in [3.8, 4) is 5.75 Å². The van der Waals surface area contributed by atoms with E-state index in [4.69, 9.17) is 32.9 Å². The number of rotatable bonds is 4. The van der Waals surface area contributed by atoms with Crippen LogP contribution in [0.5, 0.6) is 5.75 Å². The van der Waals surface area contributed by atoms with Crippen molar-refractivity contribution in [1.82, 2.24) is 4.57 Å². The van der Waals surface area contributed by atoms with Crippen LogP contribution in [-0.2, 0) is 0 Å². The quantitative estimate of drug-likeness (QED) is 0.311. The van der Waals surface area contributed by atoms with E-state index < -0.39 is 0 Å². The molecule has 0 fully saturated rings. The maximum Gasteiger partial charge on any atom is 0.271 e. The number of thiazole rings is 1. The zero-order valence-corrected chi connectivity index (χ0v) is 22.6. The first-order valence-electron chi connectivity index (χ1n) is 11.5. The van der Waals surface area contributed by atoms with Gasteiger partial charge in [-0.05, 0) is 91.1 Å². The summed E-state index contributed by atoms with van der Waals surface area (Å²) in [4.78, 5) is 19.3. The Morgan fingerprint density at radius 1 is 0.972 bits per heavy atom. The lowest BCUT2D eigenvalue weighted by Crippen LogP contribution is -2.36. The van der Waals surface area contributed by atoms with Gasteiger partial charge in [0.25, 0.3) is 5.56 Å². The first kappa shape index (κ1) is 24.6. The molecule has 1 atom stereocenters. The van der Waals surface area contributed by atoms with E-state index in [1.807, 2.05) is 67.6 Å². The molecule has 2 heterocycles. The molecule has 182 valence electrons. The lowest BCUT2D eigenvalue weighted by molar-refractivity contribution is 0.410. The minimum Gasteiger partial charge on any atom is -0.496 e. The lowest BCUT2D eigenvalue weighted by Gasteiger charge is -2.25. The van der Waals surface area contributed by atoms with Crippen molar-refractivity contribution in [2.45, 2.75) is 26.8 Å². The molecule has 0 saturated carbocycles. The summed E-state index contributed by atoms with van der Waals surface area (Å²) in [6.45, 7) is 6.19. The van der Waals surface area contributed by atoms with Gasteiger partial charge < -0.3 is 4.74 Å². The molecule has 3 aromatic carbocycles. The molecule has 0 N–H and O–H groups in total. The number of methoxy groups -OCH3 is 1. The van der Waals surface area contributed by atoms with Crippen molar-refractivity contribution < 1.29 is 4.74 Å². The third kappa shape index (κ3) is 4.43. The molecule has 0 amide bonds. The molecular formula is C29H24Cl2N2O2S. The Hall–Kier alpha value is -3.12. The van der Waals surface area contributed by atoms with Crippen LogP contribution in [0.15, 0.2) is 70.5 Å². The van der Waals surface area contributed by atoms with Crippen LogP contribution in [0, 0.1) is 20.8 Å². The predicted octanol–water partition coefficient (Wildman–Crippen LogP) is 6.24. The maximum atomic E-state index is 13.8. The topological polar surface area (TPSA) is 43.6 Å². The molecule has 0 spiro atoms. The van der Waals surface area contributed by atoms with Gasteiger partial charge in [-0.15, -0.1) is 0 Å². The van der Waals surface area contributed by atoms with Gasteiger partial charge in [-0.1, -0.05) is 58.8 Å². The number of fused-ring (bicyclic) bond motifs is 1. The molecule has 4 aromatic rings. The summed E-state index contributed by atoms with van der Waals surface area (Å²) < 4.78 is 8.01. The van der Waals surface area contributed by atoms with Crippen LogP contribution >= 0.6 is 34.5 Å². The third-order valence-electron chi connectivity index (χ3n) is 6.58. The smallest absolute Gasteiger partial charge is 0.271 e. The average Bonchev–Trinajstić information content (AvgIpc) is 3.18. The van der Waals surface area contributed by atoms with E-state index in [9.17, 15) is 4.79 Å². The molecule has 0 radical (unpaired) electrons. The molecule has 0 aliphatic carbocycles. The molecule has 7 heteroatoms. The normalized spacial score (nSPS) is 15.3. The Morgan fingerprint density at radius 3 is 2.25 bits per heavy atom. The molecule has 0 saturated heterocycles. The van der Waals surface area contributed by atoms with Gasteiger partial charge >= 0.3 is 0 Å². The second-order valence-electron chi connectivity index (χ2n) is 8.79. The number of ether oxygens (including phenoxy) is 1. The van der Waals surface area contributed by atoms with E-state index in [0.29, 0.717) is 19.4 Å². The maximum absolute atomic E-state index is 13.8. The second-order valence-corrected chi connectivity index (χ2v) is 10.7. The van der Waals surface area contributed by atoms with Crippen LogP contribution in [0.2, 0.25) is 10.0 Å². The summed E-state index contributed by atoms with van der Waals surface area (Å²) in [6.07, 6.45) is 3.96. The Kier molecular flexibility index (Phi) is 6.64. The van der Waals surface area contributed by atoms with Crippen molar-refractivity contribution >= 4 is 46.3 Å². The van der Waals surface area contributed by atoms with Gasteiger partial charge in [-0.25, -0.2) is 4.99 Å². The number of benzene rings is 3. The van der Waals surface area contributed by atoms with E-state index in [1.54, 1.807) is 11.7 Å². The van der Waals surface area contributed by atoms with Gasteiger partial charge in [0, 0.05) is 15.6 Å².